The molecule has 10 nitrogen and oxygen atoms in total. The summed E-state index contributed by atoms with van der Waals surface area (Å²) >= 11 is 0. The molecule has 8 rings (SSSR count). The number of carbonyl (C=O) groups is 2. The molecule has 4 aromatic heterocycles. The SMILES string of the molecule is O=C(Nc1ccc2ccccc2n1)Nc1cccc2cccnc12.O=C(Nc1ccc2ccccc2n1)Nc1cccc2cccnc12. The number of amides is 4. The number of urea groups is 2. The summed E-state index contributed by atoms with van der Waals surface area (Å²) in [7, 11) is 0. The lowest BCUT2D eigenvalue weighted by Gasteiger charge is -2.09. The lowest BCUT2D eigenvalue weighted by Crippen LogP contribution is -2.20. The first-order chi connectivity index (χ1) is 23.6. The molecule has 10 heteroatoms. The first kappa shape index (κ1) is 29.8. The number of benzene rings is 4. The number of aromatic nitrogens is 4. The number of hydrogen-bond donors (Lipinski definition) is 4. The van der Waals surface area contributed by atoms with Crippen LogP contribution >= 0.6 is 0 Å². The molecule has 0 aliphatic rings. The standard InChI is InChI=1S/2C19H14N4O/c2*24-19(22-16-9-3-6-14-7-4-12-20-18(14)16)23-17-11-10-13-5-1-2-8-15(13)21-17/h2*1-12H,(H2,21,22,23,24). The van der Waals surface area contributed by atoms with Gasteiger partial charge in [0.1, 0.15) is 11.6 Å². The molecule has 0 bridgehead atoms. The van der Waals surface area contributed by atoms with E-state index in [2.05, 4.69) is 41.2 Å². The number of para-hydroxylation sites is 4. The average Bonchev–Trinajstić information content (AvgIpc) is 3.12. The van der Waals surface area contributed by atoms with Crippen molar-refractivity contribution in [1.82, 2.24) is 19.9 Å². The summed E-state index contributed by atoms with van der Waals surface area (Å²) in [5.41, 5.74) is 4.49. The quantitative estimate of drug-likeness (QED) is 0.154. The summed E-state index contributed by atoms with van der Waals surface area (Å²) < 4.78 is 0. The summed E-state index contributed by atoms with van der Waals surface area (Å²) in [4.78, 5) is 42.1. The Labute approximate surface area is 274 Å². The van der Waals surface area contributed by atoms with Crippen molar-refractivity contribution in [3.05, 3.63) is 146 Å². The first-order valence-corrected chi connectivity index (χ1v) is 15.1. The number of rotatable bonds is 4. The zero-order valence-electron chi connectivity index (χ0n) is 25.5. The van der Waals surface area contributed by atoms with E-state index in [1.54, 1.807) is 24.5 Å². The largest absolute Gasteiger partial charge is 0.324 e. The Kier molecular flexibility index (Phi) is 8.42. The van der Waals surface area contributed by atoms with E-state index in [9.17, 15) is 9.59 Å². The molecule has 0 atom stereocenters. The minimum atomic E-state index is -0.351. The van der Waals surface area contributed by atoms with Gasteiger partial charge in [-0.2, -0.15) is 0 Å². The number of fused-ring (bicyclic) bond motifs is 4. The molecule has 0 saturated carbocycles. The van der Waals surface area contributed by atoms with Gasteiger partial charge in [-0.3, -0.25) is 20.6 Å². The third kappa shape index (κ3) is 6.82. The molecule has 0 unspecified atom stereocenters. The van der Waals surface area contributed by atoms with Crippen molar-refractivity contribution in [3.63, 3.8) is 0 Å². The topological polar surface area (TPSA) is 134 Å². The average molecular weight is 629 g/mol. The van der Waals surface area contributed by atoms with Crippen molar-refractivity contribution < 1.29 is 9.59 Å². The molecule has 0 spiro atoms. The third-order valence-electron chi connectivity index (χ3n) is 7.44. The number of nitrogens with one attached hydrogen (secondary N) is 4. The molecule has 4 N–H and O–H groups in total. The van der Waals surface area contributed by atoms with E-state index in [0.29, 0.717) is 23.0 Å². The highest BCUT2D eigenvalue weighted by Gasteiger charge is 2.09. The number of hydrogen-bond acceptors (Lipinski definition) is 6. The summed E-state index contributed by atoms with van der Waals surface area (Å²) in [5.74, 6) is 0.999. The van der Waals surface area contributed by atoms with E-state index >= 15 is 0 Å². The molecule has 48 heavy (non-hydrogen) atoms. The third-order valence-corrected chi connectivity index (χ3v) is 7.44. The van der Waals surface area contributed by atoms with Crippen molar-refractivity contribution in [3.8, 4) is 0 Å². The maximum Gasteiger partial charge on any atom is 0.324 e. The Morgan fingerprint density at radius 1 is 0.396 bits per heavy atom. The van der Waals surface area contributed by atoms with Crippen LogP contribution in [-0.2, 0) is 0 Å². The highest BCUT2D eigenvalue weighted by molar-refractivity contribution is 6.06. The molecule has 232 valence electrons. The van der Waals surface area contributed by atoms with Crippen molar-refractivity contribution >= 4 is 78.7 Å². The fourth-order valence-electron chi connectivity index (χ4n) is 5.22. The predicted octanol–water partition coefficient (Wildman–Crippen LogP) is 8.85. The van der Waals surface area contributed by atoms with E-state index in [0.717, 1.165) is 43.6 Å². The minimum absolute atomic E-state index is 0.351. The van der Waals surface area contributed by atoms with Gasteiger partial charge in [0.2, 0.25) is 0 Å². The summed E-state index contributed by atoms with van der Waals surface area (Å²) in [6.07, 6.45) is 3.41. The summed E-state index contributed by atoms with van der Waals surface area (Å²) in [6.45, 7) is 0. The van der Waals surface area contributed by atoms with E-state index in [1.807, 2.05) is 121 Å². The Morgan fingerprint density at radius 3 is 1.29 bits per heavy atom. The second kappa shape index (κ2) is 13.6. The van der Waals surface area contributed by atoms with Crippen LogP contribution in [0.15, 0.2) is 146 Å². The molecule has 4 amide bonds. The highest BCUT2D eigenvalue weighted by Crippen LogP contribution is 2.23. The lowest BCUT2D eigenvalue weighted by atomic mass is 10.2. The fourth-order valence-corrected chi connectivity index (χ4v) is 5.22. The van der Waals surface area contributed by atoms with Gasteiger partial charge in [0.05, 0.1) is 33.4 Å². The van der Waals surface area contributed by atoms with Gasteiger partial charge >= 0.3 is 12.1 Å². The maximum atomic E-state index is 12.3. The zero-order chi connectivity index (χ0) is 32.7. The zero-order valence-corrected chi connectivity index (χ0v) is 25.5. The number of pyridine rings is 4. The predicted molar refractivity (Wildman–Crippen MR) is 192 cm³/mol. The lowest BCUT2D eigenvalue weighted by molar-refractivity contribution is 0.261. The number of nitrogens with zero attached hydrogens (tertiary/aromatic N) is 4. The van der Waals surface area contributed by atoms with Gasteiger partial charge in [0.25, 0.3) is 0 Å². The van der Waals surface area contributed by atoms with Crippen molar-refractivity contribution in [1.29, 1.82) is 0 Å². The molecule has 4 aromatic carbocycles. The van der Waals surface area contributed by atoms with E-state index in [-0.39, 0.29) is 12.1 Å². The molecule has 0 radical (unpaired) electrons. The molecular weight excluding hydrogens is 600 g/mol. The van der Waals surface area contributed by atoms with Crippen LogP contribution < -0.4 is 21.3 Å². The molecule has 0 saturated heterocycles. The fraction of sp³-hybridized carbons (Fsp3) is 0. The van der Waals surface area contributed by atoms with E-state index < -0.39 is 0 Å². The van der Waals surface area contributed by atoms with Crippen LogP contribution in [0.1, 0.15) is 0 Å². The smallest absolute Gasteiger partial charge is 0.306 e. The summed E-state index contributed by atoms with van der Waals surface area (Å²) in [5, 5.41) is 15.2. The van der Waals surface area contributed by atoms with Crippen LogP contribution in [0, 0.1) is 0 Å². The van der Waals surface area contributed by atoms with Gasteiger partial charge in [-0.25, -0.2) is 19.6 Å². The van der Waals surface area contributed by atoms with Crippen molar-refractivity contribution in [2.24, 2.45) is 0 Å². The van der Waals surface area contributed by atoms with Crippen LogP contribution in [0.2, 0.25) is 0 Å². The van der Waals surface area contributed by atoms with Crippen LogP contribution in [0.5, 0.6) is 0 Å². The Morgan fingerprint density at radius 2 is 0.812 bits per heavy atom. The van der Waals surface area contributed by atoms with Crippen LogP contribution in [0.4, 0.5) is 32.6 Å². The van der Waals surface area contributed by atoms with Crippen molar-refractivity contribution in [2.45, 2.75) is 0 Å². The Balaban J connectivity index is 0.000000152. The second-order valence-electron chi connectivity index (χ2n) is 10.7. The van der Waals surface area contributed by atoms with Gasteiger partial charge < -0.3 is 10.6 Å². The Bertz CT molecular complexity index is 2250. The number of anilines is 4. The van der Waals surface area contributed by atoms with E-state index in [4.69, 9.17) is 0 Å². The van der Waals surface area contributed by atoms with Gasteiger partial charge in [0, 0.05) is 33.9 Å². The minimum Gasteiger partial charge on any atom is -0.306 e. The molecule has 0 aliphatic heterocycles. The van der Waals surface area contributed by atoms with Crippen LogP contribution in [0.25, 0.3) is 43.6 Å². The molecule has 4 heterocycles. The summed E-state index contributed by atoms with van der Waals surface area (Å²) in [6, 6.07) is 41.2. The first-order valence-electron chi connectivity index (χ1n) is 15.1. The van der Waals surface area contributed by atoms with Gasteiger partial charge in [-0.15, -0.1) is 0 Å². The maximum absolute atomic E-state index is 12.3. The normalized spacial score (nSPS) is 10.7. The van der Waals surface area contributed by atoms with Crippen LogP contribution in [0.3, 0.4) is 0 Å². The van der Waals surface area contributed by atoms with E-state index in [1.165, 1.54) is 0 Å². The Hall–Kier alpha value is -6.94. The van der Waals surface area contributed by atoms with Crippen LogP contribution in [-0.4, -0.2) is 32.0 Å². The molecule has 0 aliphatic carbocycles. The highest BCUT2D eigenvalue weighted by atomic mass is 16.2. The monoisotopic (exact) mass is 628 g/mol. The molecular formula is C38H28N8O2. The molecule has 8 aromatic rings. The number of carbonyl (C=O) groups excluding carboxylic acids is 2. The van der Waals surface area contributed by atoms with Gasteiger partial charge in [0.15, 0.2) is 0 Å². The van der Waals surface area contributed by atoms with Crippen molar-refractivity contribution in [2.75, 3.05) is 21.3 Å². The van der Waals surface area contributed by atoms with Gasteiger partial charge in [-0.1, -0.05) is 72.8 Å². The van der Waals surface area contributed by atoms with Gasteiger partial charge in [-0.05, 0) is 60.7 Å². The molecule has 0 fully saturated rings. The second-order valence-corrected chi connectivity index (χ2v) is 10.7.